The molecule has 0 fully saturated rings. The third kappa shape index (κ3) is 77.7. The Bertz CT molecular complexity index is 2910. The van der Waals surface area contributed by atoms with Gasteiger partial charge in [-0.05, 0) is 55.1 Å². The minimum absolute atomic E-state index is 0. The molecule has 0 aliphatic heterocycles. The molecule has 0 bridgehead atoms. The van der Waals surface area contributed by atoms with Crippen molar-refractivity contribution < 1.29 is 140 Å². The van der Waals surface area contributed by atoms with Crippen molar-refractivity contribution in [2.75, 3.05) is 74.0 Å². The largest absolute Gasteiger partial charge is 0.469 e. The maximum Gasteiger partial charge on any atom is 0.408 e. The first-order valence-electron chi connectivity index (χ1n) is 33.7. The lowest BCUT2D eigenvalue weighted by Crippen LogP contribution is -2.53. The van der Waals surface area contributed by atoms with Gasteiger partial charge in [0.2, 0.25) is 60.5 Å². The van der Waals surface area contributed by atoms with Crippen molar-refractivity contribution in [3.63, 3.8) is 0 Å². The molecule has 24 N–H and O–H groups in total. The van der Waals surface area contributed by atoms with Crippen LogP contribution in [0.2, 0.25) is 0 Å². The molecule has 112 heavy (non-hydrogen) atoms. The highest BCUT2D eigenvalue weighted by Crippen LogP contribution is 2.13. The average Bonchev–Trinajstić information content (AvgIpc) is 0.879. The summed E-state index contributed by atoms with van der Waals surface area (Å²) in [5.41, 5.74) is 31.3. The Labute approximate surface area is 644 Å². The zero-order valence-corrected chi connectivity index (χ0v) is 63.5. The number of Topliss-reactive ketones (excluding diaryl/α,β-unsaturated/α-hetero) is 1. The van der Waals surface area contributed by atoms with Crippen LogP contribution in [-0.4, -0.2) is 240 Å². The number of aliphatic hydroxyl groups excluding tert-OH is 5. The molecule has 40 nitrogen and oxygen atoms in total. The lowest BCUT2D eigenvalue weighted by atomic mass is 10.0. The number of methoxy groups -OCH3 is 1. The number of nitro groups is 3. The van der Waals surface area contributed by atoms with Crippen LogP contribution in [-0.2, 0) is 75.4 Å². The summed E-state index contributed by atoms with van der Waals surface area (Å²) >= 11 is 0. The smallest absolute Gasteiger partial charge is 0.408 e. The molecule has 7 unspecified atom stereocenters. The lowest BCUT2D eigenvalue weighted by molar-refractivity contribution is -0.535. The van der Waals surface area contributed by atoms with Crippen LogP contribution < -0.4 is 61.8 Å². The first-order valence-corrected chi connectivity index (χ1v) is 33.7. The van der Waals surface area contributed by atoms with E-state index in [0.717, 1.165) is 18.2 Å². The molecule has 9 atom stereocenters. The van der Waals surface area contributed by atoms with Crippen LogP contribution in [0.3, 0.4) is 0 Å². The van der Waals surface area contributed by atoms with Crippen molar-refractivity contribution in [3.05, 3.63) is 102 Å². The molecule has 0 heterocycles. The third-order valence-electron chi connectivity index (χ3n) is 13.0. The fourth-order valence-corrected chi connectivity index (χ4v) is 7.52. The number of halogens is 6. The van der Waals surface area contributed by atoms with Gasteiger partial charge in [-0.25, -0.2) is 35.9 Å². The summed E-state index contributed by atoms with van der Waals surface area (Å²) in [7, 11) is 2.26. The normalized spacial score (nSPS) is 12.2. The zero-order valence-electron chi connectivity index (χ0n) is 63.5. The molecule has 0 aliphatic rings. The number of alkyl carbamates (subject to hydrolysis) is 2. The molecule has 0 spiro atoms. The van der Waals surface area contributed by atoms with Crippen LogP contribution in [0, 0.1) is 42.2 Å². The molecule has 2 rings (SSSR count). The van der Waals surface area contributed by atoms with E-state index in [-0.39, 0.29) is 142 Å². The number of primary amides is 5. The number of nitrogens with zero attached hydrogens (tertiary/aromatic N) is 3. The number of esters is 1. The van der Waals surface area contributed by atoms with Gasteiger partial charge >= 0.3 is 18.2 Å². The lowest BCUT2D eigenvalue weighted by Gasteiger charge is -2.26. The number of amides is 9. The number of ether oxygens (including phenoxy) is 3. The predicted molar refractivity (Wildman–Crippen MR) is 393 cm³/mol. The zero-order chi connectivity index (χ0) is 87.0. The number of aliphatic hydroxyl groups is 5. The number of nitrogens with two attached hydrogens (primary N) is 6. The van der Waals surface area contributed by atoms with Crippen molar-refractivity contribution in [1.82, 2.24) is 27.4 Å². The van der Waals surface area contributed by atoms with E-state index in [9.17, 15) is 115 Å². The second-order valence-electron chi connectivity index (χ2n) is 23.3. The number of benzene rings is 2. The molecule has 46 heteroatoms. The van der Waals surface area contributed by atoms with Gasteiger partial charge in [-0.3, -0.25) is 73.5 Å². The van der Waals surface area contributed by atoms with Crippen LogP contribution in [0.15, 0.2) is 60.7 Å². The van der Waals surface area contributed by atoms with Crippen LogP contribution >= 0.6 is 0 Å². The van der Waals surface area contributed by atoms with Crippen molar-refractivity contribution in [2.24, 2.45) is 46.2 Å². The van der Waals surface area contributed by atoms with Crippen molar-refractivity contribution >= 4 is 71.6 Å². The summed E-state index contributed by atoms with van der Waals surface area (Å²) in [5.74, 6) is -5.41. The standard InChI is InChI=1S/C20H30FN3O5.C20H28FN3O5.C6H11FN2O4.C6H13FN2O2.C5H9NO4.C4H8N2O3.C2H5FO.C2H3FO.CH4O.H3N.H2/c2*1-13(2)10-16(24-20(28)29-12-14-6-4-3-5-7-14)19(27)23-15(17(25)11-21)8-9-18(22)26;7-3-5(10)4(9(12)13)1-2-6(8)11;7-3-5(10)4(8)1-2-6(9)11;1-10-5(7)3-2-4-6(8)9;5-4(7)2-1-3-6(8)9;2*3-1-2-4;1-2;;/h3-7,13,15-17,25H,8-12H2,1-2H3,(H2,22,26)(H,23,27)(H,24,28);3-7,13,15-16H,8-12H2,1-2H3,(H2,22,26)(H,23,27)(H,24,28);4-5,10H,1-3H2,(H2,8,11);4-5,10H,1-3,8H2,(H2,9,11);2-4H2,1H3;1-3H2,(H2,5,7);4H,1-2H2;2H,1H2;2H,1H3;1H3;1H/t15?,16-,17?;15?,16-;;;;;;;;;/m00........./s1. The number of hydrogen-bond acceptors (Lipinski definition) is 28. The van der Waals surface area contributed by atoms with Gasteiger partial charge < -0.3 is 106 Å². The van der Waals surface area contributed by atoms with Crippen LogP contribution in [0.25, 0.3) is 0 Å². The molecule has 0 aromatic heterocycles. The molecular formula is C66H116F6N14O26. The van der Waals surface area contributed by atoms with Gasteiger partial charge in [0.25, 0.3) is 0 Å². The second kappa shape index (κ2) is 77.3. The van der Waals surface area contributed by atoms with Crippen LogP contribution in [0.1, 0.15) is 130 Å². The summed E-state index contributed by atoms with van der Waals surface area (Å²) in [4.78, 5) is 161. The Morgan fingerprint density at radius 2 is 0.893 bits per heavy atom. The van der Waals surface area contributed by atoms with E-state index in [0.29, 0.717) is 6.42 Å². The first kappa shape index (κ1) is 117. The van der Waals surface area contributed by atoms with E-state index in [1.54, 1.807) is 36.4 Å². The third-order valence-corrected chi connectivity index (χ3v) is 13.0. The molecule has 648 valence electrons. The maximum atomic E-state index is 12.9. The minimum Gasteiger partial charge on any atom is -0.469 e. The number of carbonyl (C=O) groups excluding carboxylic acids is 12. The monoisotopic (exact) mass is 1630 g/mol. The van der Waals surface area contributed by atoms with Gasteiger partial charge in [0.05, 0.1) is 38.3 Å². The Morgan fingerprint density at radius 1 is 0.536 bits per heavy atom. The molecule has 9 amide bonds. The summed E-state index contributed by atoms with van der Waals surface area (Å²) < 4.78 is 84.6. The fraction of sp³-hybridized carbons (Fsp3) is 0.636. The highest BCUT2D eigenvalue weighted by molar-refractivity contribution is 5.93. The fourth-order valence-electron chi connectivity index (χ4n) is 7.52. The number of nitrogens with one attached hydrogen (secondary N) is 4. The quantitative estimate of drug-likeness (QED) is 0.0110. The molecule has 2 aromatic carbocycles. The molecule has 0 radical (unpaired) electrons. The van der Waals surface area contributed by atoms with Crippen LogP contribution in [0.5, 0.6) is 0 Å². The number of alkyl halides is 6. The van der Waals surface area contributed by atoms with Gasteiger partial charge in [0.15, 0.2) is 12.1 Å². The van der Waals surface area contributed by atoms with E-state index < -0.39 is 175 Å². The van der Waals surface area contributed by atoms with Gasteiger partial charge in [-0.2, -0.15) is 0 Å². The van der Waals surface area contributed by atoms with Crippen LogP contribution in [0.4, 0.5) is 35.9 Å². The summed E-state index contributed by atoms with van der Waals surface area (Å²) in [5, 5.41) is 81.4. The van der Waals surface area contributed by atoms with Gasteiger partial charge in [0, 0.05) is 80.7 Å². The maximum absolute atomic E-state index is 12.9. The number of aldehydes is 1. The van der Waals surface area contributed by atoms with E-state index in [2.05, 4.69) is 26.0 Å². The second-order valence-corrected chi connectivity index (χ2v) is 23.3. The number of hydrogen-bond donors (Lipinski definition) is 16. The molecule has 0 aliphatic carbocycles. The Balaban J connectivity index is -0.000000169. The van der Waals surface area contributed by atoms with Gasteiger partial charge in [-0.15, -0.1) is 0 Å². The first-order chi connectivity index (χ1) is 52.1. The van der Waals surface area contributed by atoms with E-state index in [1.165, 1.54) is 7.11 Å². The van der Waals surface area contributed by atoms with Crippen molar-refractivity contribution in [3.8, 4) is 0 Å². The Kier molecular flexibility index (Phi) is 81.0. The highest BCUT2D eigenvalue weighted by Gasteiger charge is 2.32. The summed E-state index contributed by atoms with van der Waals surface area (Å²) in [6.07, 6.45) is -5.01. The van der Waals surface area contributed by atoms with Gasteiger partial charge in [-0.1, -0.05) is 88.4 Å². The van der Waals surface area contributed by atoms with E-state index in [1.807, 2.05) is 52.0 Å². The predicted octanol–water partition coefficient (Wildman–Crippen LogP) is 1.03. The molecule has 0 saturated carbocycles. The minimum atomic E-state index is -1.67. The summed E-state index contributed by atoms with van der Waals surface area (Å²) in [6.45, 7) is 0.882. The number of ketones is 1. The van der Waals surface area contributed by atoms with Crippen molar-refractivity contribution in [1.29, 1.82) is 0 Å². The summed E-state index contributed by atoms with van der Waals surface area (Å²) in [6, 6.07) is 11.8. The van der Waals surface area contributed by atoms with E-state index in [4.69, 9.17) is 69.1 Å². The average molecular weight is 1640 g/mol. The molecule has 0 saturated heterocycles. The highest BCUT2D eigenvalue weighted by atomic mass is 19.1. The molecular weight excluding hydrogens is 1520 g/mol. The van der Waals surface area contributed by atoms with Crippen molar-refractivity contribution in [2.45, 2.75) is 185 Å². The number of carbonyl (C=O) groups is 12. The molecule has 2 aromatic rings. The number of rotatable bonds is 45. The van der Waals surface area contributed by atoms with Gasteiger partial charge in [0.1, 0.15) is 77.6 Å². The Morgan fingerprint density at radius 3 is 1.21 bits per heavy atom. The topological polar surface area (TPSA) is 702 Å². The van der Waals surface area contributed by atoms with E-state index >= 15 is 0 Å². The SMILES string of the molecule is CC(C)C[C@H](NC(=O)OCc1ccccc1)C(=O)NC(CCC(N)=O)C(=O)CF.CC(C)C[C@H](NC(=O)OCc1ccccc1)C(=O)NC(CCC(N)=O)C(O)CF.CO.COC(=O)CCC[N+](=O)[O-].N.NC(=O)CCC(C(O)CF)[N+](=O)[O-].NC(=O)CCC(N)C(O)CF.NC(=O)CCC[N+](=O)[O-].O=CCF.OCCF.[HH]. The Hall–Kier alpha value is -10.4.